The lowest BCUT2D eigenvalue weighted by atomic mass is 10.2. The van der Waals surface area contributed by atoms with Gasteiger partial charge in [0.1, 0.15) is 0 Å². The van der Waals surface area contributed by atoms with Crippen LogP contribution in [-0.2, 0) is 10.1 Å². The predicted molar refractivity (Wildman–Crippen MR) is 53.4 cm³/mol. The number of alkyl halides is 1. The van der Waals surface area contributed by atoms with Gasteiger partial charge in [0, 0.05) is 17.9 Å². The van der Waals surface area contributed by atoms with Gasteiger partial charge in [0.15, 0.2) is 0 Å². The molecule has 1 aromatic rings. The minimum atomic E-state index is -0.0401. The van der Waals surface area contributed by atoms with Crippen molar-refractivity contribution in [2.75, 3.05) is 5.32 Å². The van der Waals surface area contributed by atoms with Crippen LogP contribution < -0.4 is 5.32 Å². The van der Waals surface area contributed by atoms with Gasteiger partial charge < -0.3 is 5.32 Å². The molecule has 1 amide bonds. The summed E-state index contributed by atoms with van der Waals surface area (Å²) < 4.78 is 0. The molecule has 2 nitrogen and oxygen atoms in total. The highest BCUT2D eigenvalue weighted by molar-refractivity contribution is 9.08. The maximum atomic E-state index is 10.7. The molecule has 1 N–H and O–H groups in total. The van der Waals surface area contributed by atoms with Crippen LogP contribution in [0.2, 0.25) is 0 Å². The van der Waals surface area contributed by atoms with E-state index in [0.717, 1.165) is 16.6 Å². The molecule has 1 rings (SSSR count). The highest BCUT2D eigenvalue weighted by Crippen LogP contribution is 2.12. The number of rotatable bonds is 2. The smallest absolute Gasteiger partial charge is 0.221 e. The molecule has 0 unspecified atom stereocenters. The van der Waals surface area contributed by atoms with Crippen molar-refractivity contribution in [3.63, 3.8) is 0 Å². The number of hydrogen-bond acceptors (Lipinski definition) is 1. The summed E-state index contributed by atoms with van der Waals surface area (Å²) >= 11 is 3.35. The predicted octanol–water partition coefficient (Wildman–Crippen LogP) is 2.54. The SMILES string of the molecule is CC(=O)Nc1cccc(CBr)c1. The van der Waals surface area contributed by atoms with Crippen LogP contribution in [0.1, 0.15) is 12.5 Å². The van der Waals surface area contributed by atoms with Crippen LogP contribution in [0.4, 0.5) is 5.69 Å². The number of nitrogens with one attached hydrogen (secondary N) is 1. The molecule has 3 heteroatoms. The largest absolute Gasteiger partial charge is 0.326 e. The second kappa shape index (κ2) is 4.26. The van der Waals surface area contributed by atoms with Gasteiger partial charge in [0.2, 0.25) is 5.91 Å². The first kappa shape index (κ1) is 9.26. The van der Waals surface area contributed by atoms with E-state index >= 15 is 0 Å². The minimum Gasteiger partial charge on any atom is -0.326 e. The number of carbonyl (C=O) groups is 1. The van der Waals surface area contributed by atoms with Crippen molar-refractivity contribution in [2.45, 2.75) is 12.3 Å². The van der Waals surface area contributed by atoms with Crippen LogP contribution >= 0.6 is 15.9 Å². The molecule has 0 bridgehead atoms. The second-order valence-electron chi connectivity index (χ2n) is 2.52. The fraction of sp³-hybridized carbons (Fsp3) is 0.222. The molecule has 0 fully saturated rings. The van der Waals surface area contributed by atoms with Crippen LogP contribution in [-0.4, -0.2) is 5.91 Å². The average Bonchev–Trinajstić information content (AvgIpc) is 2.03. The van der Waals surface area contributed by atoms with Crippen LogP contribution in [0.5, 0.6) is 0 Å². The lowest BCUT2D eigenvalue weighted by molar-refractivity contribution is -0.114. The van der Waals surface area contributed by atoms with Gasteiger partial charge in [-0.2, -0.15) is 0 Å². The first-order valence-electron chi connectivity index (χ1n) is 3.65. The molecule has 0 saturated carbocycles. The Kier molecular flexibility index (Phi) is 3.29. The van der Waals surface area contributed by atoms with Crippen LogP contribution in [0.3, 0.4) is 0 Å². The average molecular weight is 228 g/mol. The summed E-state index contributed by atoms with van der Waals surface area (Å²) in [6.45, 7) is 1.50. The zero-order chi connectivity index (χ0) is 8.97. The summed E-state index contributed by atoms with van der Waals surface area (Å²) in [5.74, 6) is -0.0401. The summed E-state index contributed by atoms with van der Waals surface area (Å²) in [4.78, 5) is 10.7. The molecule has 1 aromatic carbocycles. The Morgan fingerprint density at radius 3 is 2.92 bits per heavy atom. The zero-order valence-electron chi connectivity index (χ0n) is 6.80. The number of hydrogen-bond donors (Lipinski definition) is 1. The third kappa shape index (κ3) is 2.66. The summed E-state index contributed by atoms with van der Waals surface area (Å²) in [5.41, 5.74) is 2.00. The Balaban J connectivity index is 2.79. The van der Waals surface area contributed by atoms with Gasteiger partial charge in [-0.1, -0.05) is 28.1 Å². The Labute approximate surface area is 80.1 Å². The van der Waals surface area contributed by atoms with Crippen molar-refractivity contribution >= 4 is 27.5 Å². The van der Waals surface area contributed by atoms with E-state index in [4.69, 9.17) is 0 Å². The molecule has 0 radical (unpaired) electrons. The van der Waals surface area contributed by atoms with Crippen LogP contribution in [0.25, 0.3) is 0 Å². The Morgan fingerprint density at radius 1 is 1.58 bits per heavy atom. The molecule has 0 saturated heterocycles. The third-order valence-electron chi connectivity index (χ3n) is 1.40. The molecule has 0 aliphatic rings. The van der Waals surface area contributed by atoms with E-state index in [-0.39, 0.29) is 5.91 Å². The molecular formula is C9H10BrNO. The molecule has 12 heavy (non-hydrogen) atoms. The Morgan fingerprint density at radius 2 is 2.33 bits per heavy atom. The maximum absolute atomic E-state index is 10.7. The number of amides is 1. The van der Waals surface area contributed by atoms with Crippen molar-refractivity contribution in [1.29, 1.82) is 0 Å². The van der Waals surface area contributed by atoms with Gasteiger partial charge in [-0.25, -0.2) is 0 Å². The van der Waals surface area contributed by atoms with E-state index < -0.39 is 0 Å². The lowest BCUT2D eigenvalue weighted by Gasteiger charge is -2.02. The van der Waals surface area contributed by atoms with Gasteiger partial charge in [0.25, 0.3) is 0 Å². The molecule has 0 atom stereocenters. The van der Waals surface area contributed by atoms with E-state index in [0.29, 0.717) is 0 Å². The molecule has 0 aliphatic carbocycles. The fourth-order valence-electron chi connectivity index (χ4n) is 0.935. The quantitative estimate of drug-likeness (QED) is 0.774. The van der Waals surface area contributed by atoms with Crippen molar-refractivity contribution in [2.24, 2.45) is 0 Å². The number of halogens is 1. The zero-order valence-corrected chi connectivity index (χ0v) is 8.39. The third-order valence-corrected chi connectivity index (χ3v) is 2.05. The van der Waals surface area contributed by atoms with Gasteiger partial charge in [-0.3, -0.25) is 4.79 Å². The summed E-state index contributed by atoms with van der Waals surface area (Å²) in [5, 5.41) is 3.53. The monoisotopic (exact) mass is 227 g/mol. The van der Waals surface area contributed by atoms with Crippen LogP contribution in [0, 0.1) is 0 Å². The topological polar surface area (TPSA) is 29.1 Å². The lowest BCUT2D eigenvalue weighted by Crippen LogP contribution is -2.05. The van der Waals surface area contributed by atoms with Crippen LogP contribution in [0.15, 0.2) is 24.3 Å². The summed E-state index contributed by atoms with van der Waals surface area (Å²) in [6, 6.07) is 7.73. The second-order valence-corrected chi connectivity index (χ2v) is 3.08. The number of carbonyl (C=O) groups excluding carboxylic acids is 1. The fourth-order valence-corrected chi connectivity index (χ4v) is 1.28. The molecule has 0 aliphatic heterocycles. The Bertz CT molecular complexity index is 286. The molecule has 0 aromatic heterocycles. The molecule has 0 heterocycles. The molecule has 0 spiro atoms. The Hall–Kier alpha value is -0.830. The van der Waals surface area contributed by atoms with Gasteiger partial charge >= 0.3 is 0 Å². The first-order valence-corrected chi connectivity index (χ1v) is 4.77. The van der Waals surface area contributed by atoms with Gasteiger partial charge in [0.05, 0.1) is 0 Å². The van der Waals surface area contributed by atoms with Crippen molar-refractivity contribution in [3.8, 4) is 0 Å². The molecular weight excluding hydrogens is 218 g/mol. The number of benzene rings is 1. The van der Waals surface area contributed by atoms with Crippen molar-refractivity contribution < 1.29 is 4.79 Å². The standard InChI is InChI=1S/C9H10BrNO/c1-7(12)11-9-4-2-3-8(5-9)6-10/h2-5H,6H2,1H3,(H,11,12). The summed E-state index contributed by atoms with van der Waals surface area (Å²) in [6.07, 6.45) is 0. The highest BCUT2D eigenvalue weighted by atomic mass is 79.9. The summed E-state index contributed by atoms with van der Waals surface area (Å²) in [7, 11) is 0. The van der Waals surface area contributed by atoms with E-state index in [9.17, 15) is 4.79 Å². The van der Waals surface area contributed by atoms with E-state index in [1.165, 1.54) is 6.92 Å². The van der Waals surface area contributed by atoms with Gasteiger partial charge in [-0.15, -0.1) is 0 Å². The van der Waals surface area contributed by atoms with E-state index in [1.54, 1.807) is 0 Å². The first-order chi connectivity index (χ1) is 5.72. The van der Waals surface area contributed by atoms with E-state index in [2.05, 4.69) is 21.2 Å². The normalized spacial score (nSPS) is 9.50. The van der Waals surface area contributed by atoms with Crippen molar-refractivity contribution in [3.05, 3.63) is 29.8 Å². The van der Waals surface area contributed by atoms with Crippen molar-refractivity contribution in [1.82, 2.24) is 0 Å². The highest BCUT2D eigenvalue weighted by Gasteiger charge is 1.95. The minimum absolute atomic E-state index is 0.0401. The number of anilines is 1. The van der Waals surface area contributed by atoms with E-state index in [1.807, 2.05) is 24.3 Å². The van der Waals surface area contributed by atoms with Gasteiger partial charge in [-0.05, 0) is 17.7 Å². The maximum Gasteiger partial charge on any atom is 0.221 e. The molecule has 64 valence electrons.